The fourth-order valence-corrected chi connectivity index (χ4v) is 3.39. The quantitative estimate of drug-likeness (QED) is 0.722. The molecule has 0 aliphatic heterocycles. The van der Waals surface area contributed by atoms with Gasteiger partial charge in [0.1, 0.15) is 5.41 Å². The minimum absolute atomic E-state index is 0.133. The van der Waals surface area contributed by atoms with Gasteiger partial charge in [-0.25, -0.2) is 0 Å². The van der Waals surface area contributed by atoms with Crippen LogP contribution in [0.4, 0.5) is 5.69 Å². The molecule has 0 radical (unpaired) electrons. The van der Waals surface area contributed by atoms with Crippen LogP contribution < -0.4 is 5.32 Å². The topological polar surface area (TPSA) is 49.4 Å². The van der Waals surface area contributed by atoms with Crippen LogP contribution in [0.3, 0.4) is 0 Å². The van der Waals surface area contributed by atoms with E-state index < -0.39 is 5.41 Å². The Hall–Kier alpha value is -2.04. The number of amides is 2. The molecular formula is C20H20Cl2N2O2. The second-order valence-corrected chi connectivity index (χ2v) is 7.31. The molecule has 0 bridgehead atoms. The summed E-state index contributed by atoms with van der Waals surface area (Å²) in [5, 5.41) is 3.63. The Morgan fingerprint density at radius 2 is 1.81 bits per heavy atom. The van der Waals surface area contributed by atoms with Gasteiger partial charge in [-0.05, 0) is 43.5 Å². The molecule has 3 rings (SSSR count). The summed E-state index contributed by atoms with van der Waals surface area (Å²) < 4.78 is 0. The molecule has 4 nitrogen and oxygen atoms in total. The van der Waals surface area contributed by atoms with Gasteiger partial charge in [-0.1, -0.05) is 53.5 Å². The van der Waals surface area contributed by atoms with Crippen molar-refractivity contribution >= 4 is 40.7 Å². The molecule has 2 amide bonds. The molecule has 6 heteroatoms. The molecule has 0 saturated heterocycles. The van der Waals surface area contributed by atoms with E-state index in [0.717, 1.165) is 5.56 Å². The molecular weight excluding hydrogens is 371 g/mol. The Morgan fingerprint density at radius 3 is 2.38 bits per heavy atom. The molecule has 0 atom stereocenters. The lowest BCUT2D eigenvalue weighted by atomic mass is 10.0. The Bertz CT molecular complexity index is 820. The van der Waals surface area contributed by atoms with E-state index in [2.05, 4.69) is 5.32 Å². The predicted molar refractivity (Wildman–Crippen MR) is 104 cm³/mol. The molecule has 1 aliphatic carbocycles. The summed E-state index contributed by atoms with van der Waals surface area (Å²) >= 11 is 12.0. The van der Waals surface area contributed by atoms with Crippen LogP contribution in [-0.2, 0) is 16.1 Å². The lowest BCUT2D eigenvalue weighted by Gasteiger charge is -2.26. The van der Waals surface area contributed by atoms with E-state index in [9.17, 15) is 9.59 Å². The van der Waals surface area contributed by atoms with Gasteiger partial charge in [-0.3, -0.25) is 9.59 Å². The molecule has 1 N–H and O–H groups in total. The summed E-state index contributed by atoms with van der Waals surface area (Å²) in [5.41, 5.74) is 0.513. The van der Waals surface area contributed by atoms with Crippen molar-refractivity contribution in [1.29, 1.82) is 0 Å². The number of carbonyl (C=O) groups excluding carboxylic acids is 2. The number of nitrogens with zero attached hydrogens (tertiary/aromatic N) is 1. The smallest absolute Gasteiger partial charge is 0.240 e. The maximum absolute atomic E-state index is 13.0. The summed E-state index contributed by atoms with van der Waals surface area (Å²) in [6.45, 7) is 2.96. The monoisotopic (exact) mass is 390 g/mol. The van der Waals surface area contributed by atoms with E-state index in [1.54, 1.807) is 23.1 Å². The first kappa shape index (κ1) is 18.7. The normalized spacial score (nSPS) is 14.6. The highest BCUT2D eigenvalue weighted by molar-refractivity contribution is 6.36. The largest absolute Gasteiger partial charge is 0.338 e. The van der Waals surface area contributed by atoms with Crippen LogP contribution in [-0.4, -0.2) is 23.3 Å². The summed E-state index contributed by atoms with van der Waals surface area (Å²) in [6, 6.07) is 14.6. The summed E-state index contributed by atoms with van der Waals surface area (Å²) in [5.74, 6) is -0.440. The molecule has 26 heavy (non-hydrogen) atoms. The van der Waals surface area contributed by atoms with Crippen LogP contribution in [0.1, 0.15) is 25.3 Å². The average molecular weight is 391 g/mol. The van der Waals surface area contributed by atoms with Crippen LogP contribution in [0.25, 0.3) is 0 Å². The Balaban J connectivity index is 1.73. The van der Waals surface area contributed by atoms with E-state index in [0.29, 0.717) is 41.7 Å². The number of benzene rings is 2. The van der Waals surface area contributed by atoms with Crippen molar-refractivity contribution in [3.8, 4) is 0 Å². The number of halogens is 2. The van der Waals surface area contributed by atoms with Gasteiger partial charge in [0, 0.05) is 18.1 Å². The zero-order chi connectivity index (χ0) is 18.7. The first-order valence-electron chi connectivity index (χ1n) is 8.56. The van der Waals surface area contributed by atoms with E-state index >= 15 is 0 Å². The molecule has 1 fully saturated rings. The summed E-state index contributed by atoms with van der Waals surface area (Å²) in [4.78, 5) is 27.6. The number of carbonyl (C=O) groups is 2. The lowest BCUT2D eigenvalue weighted by molar-refractivity contribution is -0.142. The molecule has 136 valence electrons. The maximum Gasteiger partial charge on any atom is 0.240 e. The van der Waals surface area contributed by atoms with Gasteiger partial charge in [0.05, 0.1) is 10.7 Å². The Morgan fingerprint density at radius 1 is 1.12 bits per heavy atom. The third-order valence-corrected chi connectivity index (χ3v) is 5.21. The third-order valence-electron chi connectivity index (χ3n) is 4.66. The molecule has 0 spiro atoms. The molecule has 1 aliphatic rings. The highest BCUT2D eigenvalue weighted by Crippen LogP contribution is 2.48. The van der Waals surface area contributed by atoms with E-state index in [4.69, 9.17) is 23.2 Å². The number of rotatable bonds is 6. The van der Waals surface area contributed by atoms with Crippen molar-refractivity contribution < 1.29 is 9.59 Å². The van der Waals surface area contributed by atoms with E-state index in [1.165, 1.54) is 0 Å². The zero-order valence-corrected chi connectivity index (χ0v) is 16.0. The fraction of sp³-hybridized carbons (Fsp3) is 0.300. The number of nitrogens with one attached hydrogen (secondary N) is 1. The molecule has 1 saturated carbocycles. The van der Waals surface area contributed by atoms with E-state index in [1.807, 2.05) is 37.3 Å². The van der Waals surface area contributed by atoms with Gasteiger partial charge in [0.25, 0.3) is 0 Å². The van der Waals surface area contributed by atoms with Crippen molar-refractivity contribution in [2.24, 2.45) is 5.41 Å². The maximum atomic E-state index is 13.0. The minimum Gasteiger partial charge on any atom is -0.338 e. The van der Waals surface area contributed by atoms with E-state index in [-0.39, 0.29) is 11.8 Å². The van der Waals surface area contributed by atoms with Gasteiger partial charge < -0.3 is 10.2 Å². The highest BCUT2D eigenvalue weighted by atomic mass is 35.5. The number of hydrogen-bond donors (Lipinski definition) is 1. The van der Waals surface area contributed by atoms with Crippen LogP contribution in [0, 0.1) is 5.41 Å². The Labute approximate surface area is 163 Å². The van der Waals surface area contributed by atoms with Crippen molar-refractivity contribution in [1.82, 2.24) is 4.90 Å². The van der Waals surface area contributed by atoms with Crippen LogP contribution in [0.15, 0.2) is 48.5 Å². The van der Waals surface area contributed by atoms with Crippen molar-refractivity contribution in [3.63, 3.8) is 0 Å². The Kier molecular flexibility index (Phi) is 5.54. The van der Waals surface area contributed by atoms with Crippen molar-refractivity contribution in [3.05, 3.63) is 64.1 Å². The third kappa shape index (κ3) is 3.87. The summed E-state index contributed by atoms with van der Waals surface area (Å²) in [7, 11) is 0. The number of anilines is 1. The summed E-state index contributed by atoms with van der Waals surface area (Å²) in [6.07, 6.45) is 1.10. The van der Waals surface area contributed by atoms with Crippen LogP contribution in [0.2, 0.25) is 10.0 Å². The SMILES string of the molecule is CCN(Cc1ccccc1)C(=O)C1(C(=O)Nc2ccc(Cl)cc2Cl)CC1. The van der Waals surface area contributed by atoms with Crippen LogP contribution in [0.5, 0.6) is 0 Å². The minimum atomic E-state index is -0.992. The van der Waals surface area contributed by atoms with Crippen molar-refractivity contribution in [2.45, 2.75) is 26.3 Å². The first-order valence-corrected chi connectivity index (χ1v) is 9.31. The van der Waals surface area contributed by atoms with Gasteiger partial charge in [-0.15, -0.1) is 0 Å². The molecule has 0 heterocycles. The molecule has 2 aromatic carbocycles. The van der Waals surface area contributed by atoms with Crippen LogP contribution >= 0.6 is 23.2 Å². The van der Waals surface area contributed by atoms with Crippen molar-refractivity contribution in [2.75, 3.05) is 11.9 Å². The number of hydrogen-bond acceptors (Lipinski definition) is 2. The molecule has 0 aromatic heterocycles. The van der Waals surface area contributed by atoms with Gasteiger partial charge in [0.2, 0.25) is 11.8 Å². The second-order valence-electron chi connectivity index (χ2n) is 6.47. The predicted octanol–water partition coefficient (Wildman–Crippen LogP) is 4.76. The molecule has 2 aromatic rings. The van der Waals surface area contributed by atoms with Gasteiger partial charge in [-0.2, -0.15) is 0 Å². The lowest BCUT2D eigenvalue weighted by Crippen LogP contribution is -2.42. The van der Waals surface area contributed by atoms with Gasteiger partial charge in [0.15, 0.2) is 0 Å². The fourth-order valence-electron chi connectivity index (χ4n) is 2.93. The molecule has 0 unspecified atom stereocenters. The van der Waals surface area contributed by atoms with Gasteiger partial charge >= 0.3 is 0 Å². The standard InChI is InChI=1S/C20H20Cl2N2O2/c1-2-24(13-14-6-4-3-5-7-14)19(26)20(10-11-20)18(25)23-17-9-8-15(21)12-16(17)22/h3-9,12H,2,10-11,13H2,1H3,(H,23,25). The highest BCUT2D eigenvalue weighted by Gasteiger charge is 2.57. The first-order chi connectivity index (χ1) is 12.5. The second kappa shape index (κ2) is 7.68. The average Bonchev–Trinajstić information content (AvgIpc) is 3.44. The zero-order valence-electron chi connectivity index (χ0n) is 14.5.